The lowest BCUT2D eigenvalue weighted by Gasteiger charge is -2.10. The number of hydrogen-bond acceptors (Lipinski definition) is 3. The Balaban J connectivity index is 2.12. The average molecular weight is 294 g/mol. The molecule has 5 nitrogen and oxygen atoms in total. The van der Waals surface area contributed by atoms with Crippen molar-refractivity contribution in [1.29, 1.82) is 0 Å². The number of hydrogen-bond donors (Lipinski definition) is 1. The summed E-state index contributed by atoms with van der Waals surface area (Å²) in [6.45, 7) is 1.89. The van der Waals surface area contributed by atoms with Crippen molar-refractivity contribution >= 4 is 23.2 Å². The first-order valence-electron chi connectivity index (χ1n) is 6.12. The number of aryl methyl sites for hydroxylation is 2. The van der Waals surface area contributed by atoms with Gasteiger partial charge in [-0.3, -0.25) is 9.48 Å². The van der Waals surface area contributed by atoms with Gasteiger partial charge in [0.15, 0.2) is 0 Å². The first-order chi connectivity index (χ1) is 9.49. The quantitative estimate of drug-likeness (QED) is 0.942. The van der Waals surface area contributed by atoms with E-state index in [1.165, 1.54) is 0 Å². The molecule has 1 heterocycles. The molecule has 2 rings (SSSR count). The van der Waals surface area contributed by atoms with Crippen LogP contribution in [-0.2, 0) is 18.3 Å². The van der Waals surface area contributed by atoms with Crippen LogP contribution in [0.3, 0.4) is 0 Å². The molecule has 106 valence electrons. The fourth-order valence-electron chi connectivity index (χ4n) is 1.97. The molecule has 0 aliphatic carbocycles. The van der Waals surface area contributed by atoms with Crippen LogP contribution in [0.4, 0.5) is 5.69 Å². The van der Waals surface area contributed by atoms with E-state index in [1.54, 1.807) is 30.0 Å². The molecule has 0 saturated carbocycles. The van der Waals surface area contributed by atoms with E-state index in [4.69, 9.17) is 16.3 Å². The number of rotatable bonds is 4. The maximum Gasteiger partial charge on any atom is 0.230 e. The SMILES string of the molecule is COc1ccc(Cl)cc1NC(=O)Cc1cc(C)nn1C. The highest BCUT2D eigenvalue weighted by molar-refractivity contribution is 6.31. The number of nitrogens with one attached hydrogen (secondary N) is 1. The minimum Gasteiger partial charge on any atom is -0.495 e. The second-order valence-electron chi connectivity index (χ2n) is 4.47. The molecule has 1 amide bonds. The second-order valence-corrected chi connectivity index (χ2v) is 4.91. The highest BCUT2D eigenvalue weighted by Gasteiger charge is 2.11. The third-order valence-corrected chi connectivity index (χ3v) is 3.11. The van der Waals surface area contributed by atoms with Gasteiger partial charge >= 0.3 is 0 Å². The first-order valence-corrected chi connectivity index (χ1v) is 6.50. The predicted molar refractivity (Wildman–Crippen MR) is 78.3 cm³/mol. The number of aromatic nitrogens is 2. The molecule has 20 heavy (non-hydrogen) atoms. The number of ether oxygens (including phenoxy) is 1. The Bertz CT molecular complexity index is 637. The van der Waals surface area contributed by atoms with Gasteiger partial charge in [-0.15, -0.1) is 0 Å². The zero-order valence-electron chi connectivity index (χ0n) is 11.6. The Morgan fingerprint density at radius 3 is 2.80 bits per heavy atom. The minimum absolute atomic E-state index is 0.145. The summed E-state index contributed by atoms with van der Waals surface area (Å²) in [6.07, 6.45) is 0.243. The number of carbonyl (C=O) groups excluding carboxylic acids is 1. The van der Waals surface area contributed by atoms with Crippen molar-refractivity contribution in [3.8, 4) is 5.75 Å². The normalized spacial score (nSPS) is 10.4. The molecule has 0 aliphatic heterocycles. The van der Waals surface area contributed by atoms with E-state index in [0.29, 0.717) is 16.5 Å². The van der Waals surface area contributed by atoms with Gasteiger partial charge in [0.1, 0.15) is 5.75 Å². The van der Waals surface area contributed by atoms with E-state index in [0.717, 1.165) is 11.4 Å². The maximum absolute atomic E-state index is 12.1. The van der Waals surface area contributed by atoms with Crippen molar-refractivity contribution in [3.63, 3.8) is 0 Å². The molecule has 1 N–H and O–H groups in total. The fraction of sp³-hybridized carbons (Fsp3) is 0.286. The van der Waals surface area contributed by atoms with Crippen LogP contribution in [0.15, 0.2) is 24.3 Å². The summed E-state index contributed by atoms with van der Waals surface area (Å²) < 4.78 is 6.89. The molecule has 0 fully saturated rings. The van der Waals surface area contributed by atoms with E-state index >= 15 is 0 Å². The van der Waals surface area contributed by atoms with Crippen LogP contribution in [-0.4, -0.2) is 22.8 Å². The summed E-state index contributed by atoms with van der Waals surface area (Å²) >= 11 is 5.93. The van der Waals surface area contributed by atoms with Gasteiger partial charge in [-0.25, -0.2) is 0 Å². The molecule has 2 aromatic rings. The molecular formula is C14H16ClN3O2. The number of benzene rings is 1. The Labute approximate surface area is 122 Å². The number of methoxy groups -OCH3 is 1. The lowest BCUT2D eigenvalue weighted by Crippen LogP contribution is -2.16. The zero-order chi connectivity index (χ0) is 14.7. The summed E-state index contributed by atoms with van der Waals surface area (Å²) in [5, 5.41) is 7.55. The third-order valence-electron chi connectivity index (χ3n) is 2.88. The molecule has 0 atom stereocenters. The maximum atomic E-state index is 12.1. The largest absolute Gasteiger partial charge is 0.495 e. The molecule has 0 bridgehead atoms. The van der Waals surface area contributed by atoms with Crippen LogP contribution in [0.5, 0.6) is 5.75 Å². The van der Waals surface area contributed by atoms with Crippen LogP contribution in [0.2, 0.25) is 5.02 Å². The third kappa shape index (κ3) is 3.30. The van der Waals surface area contributed by atoms with Crippen LogP contribution < -0.4 is 10.1 Å². The molecule has 1 aromatic heterocycles. The summed E-state index contributed by atoms with van der Waals surface area (Å²) in [7, 11) is 3.36. The Morgan fingerprint density at radius 2 is 2.20 bits per heavy atom. The molecule has 0 aliphatic rings. The molecule has 1 aromatic carbocycles. The van der Waals surface area contributed by atoms with Crippen LogP contribution in [0.1, 0.15) is 11.4 Å². The summed E-state index contributed by atoms with van der Waals surface area (Å²) in [5.74, 6) is 0.428. The van der Waals surface area contributed by atoms with Gasteiger partial charge < -0.3 is 10.1 Å². The monoisotopic (exact) mass is 293 g/mol. The molecule has 0 unspecified atom stereocenters. The lowest BCUT2D eigenvalue weighted by atomic mass is 10.2. The van der Waals surface area contributed by atoms with Crippen molar-refractivity contribution in [2.24, 2.45) is 7.05 Å². The van der Waals surface area contributed by atoms with Crippen molar-refractivity contribution in [3.05, 3.63) is 40.7 Å². The van der Waals surface area contributed by atoms with Crippen LogP contribution in [0, 0.1) is 6.92 Å². The van der Waals surface area contributed by atoms with Gasteiger partial charge in [0.25, 0.3) is 0 Å². The zero-order valence-corrected chi connectivity index (χ0v) is 12.4. The molecule has 0 radical (unpaired) electrons. The number of carbonyl (C=O) groups is 1. The van der Waals surface area contributed by atoms with Gasteiger partial charge in [0, 0.05) is 17.8 Å². The van der Waals surface area contributed by atoms with Crippen molar-refractivity contribution < 1.29 is 9.53 Å². The summed E-state index contributed by atoms with van der Waals surface area (Å²) in [4.78, 5) is 12.1. The van der Waals surface area contributed by atoms with E-state index in [9.17, 15) is 4.79 Å². The standard InChI is InChI=1S/C14H16ClN3O2/c1-9-6-11(18(2)17-9)8-14(19)16-12-7-10(15)4-5-13(12)20-3/h4-7H,8H2,1-3H3,(H,16,19). The predicted octanol–water partition coefficient (Wildman–Crippen LogP) is 2.57. The van der Waals surface area contributed by atoms with E-state index in [2.05, 4.69) is 10.4 Å². The topological polar surface area (TPSA) is 56.1 Å². The Hall–Kier alpha value is -2.01. The van der Waals surface area contributed by atoms with Gasteiger partial charge in [-0.05, 0) is 31.2 Å². The molecule has 0 saturated heterocycles. The smallest absolute Gasteiger partial charge is 0.230 e. The number of halogens is 1. The highest BCUT2D eigenvalue weighted by Crippen LogP contribution is 2.27. The number of amides is 1. The van der Waals surface area contributed by atoms with Crippen molar-refractivity contribution in [1.82, 2.24) is 9.78 Å². The number of anilines is 1. The lowest BCUT2D eigenvalue weighted by molar-refractivity contribution is -0.115. The molecule has 6 heteroatoms. The summed E-state index contributed by atoms with van der Waals surface area (Å²) in [6, 6.07) is 6.97. The van der Waals surface area contributed by atoms with Gasteiger partial charge in [0.2, 0.25) is 5.91 Å². The molecule has 0 spiro atoms. The average Bonchev–Trinajstić information content (AvgIpc) is 2.68. The summed E-state index contributed by atoms with van der Waals surface area (Å²) in [5.41, 5.74) is 2.29. The Kier molecular flexibility index (Phi) is 4.29. The van der Waals surface area contributed by atoms with E-state index in [-0.39, 0.29) is 12.3 Å². The minimum atomic E-state index is -0.145. The van der Waals surface area contributed by atoms with Crippen LogP contribution >= 0.6 is 11.6 Å². The van der Waals surface area contributed by atoms with E-state index in [1.807, 2.05) is 20.0 Å². The Morgan fingerprint density at radius 1 is 1.45 bits per heavy atom. The van der Waals surface area contributed by atoms with Gasteiger partial charge in [0.05, 0.1) is 24.9 Å². The molecular weight excluding hydrogens is 278 g/mol. The van der Waals surface area contributed by atoms with Crippen molar-refractivity contribution in [2.45, 2.75) is 13.3 Å². The van der Waals surface area contributed by atoms with Crippen LogP contribution in [0.25, 0.3) is 0 Å². The van der Waals surface area contributed by atoms with Gasteiger partial charge in [-0.1, -0.05) is 11.6 Å². The van der Waals surface area contributed by atoms with E-state index < -0.39 is 0 Å². The first kappa shape index (κ1) is 14.4. The highest BCUT2D eigenvalue weighted by atomic mass is 35.5. The number of nitrogens with zero attached hydrogens (tertiary/aromatic N) is 2. The van der Waals surface area contributed by atoms with Gasteiger partial charge in [-0.2, -0.15) is 5.10 Å². The fourth-order valence-corrected chi connectivity index (χ4v) is 2.14. The van der Waals surface area contributed by atoms with Crippen molar-refractivity contribution in [2.75, 3.05) is 12.4 Å². The second kappa shape index (κ2) is 5.96.